The molecule has 4 nitrogen and oxygen atoms in total. The van der Waals surface area contributed by atoms with Crippen molar-refractivity contribution < 1.29 is 0 Å². The molecule has 2 aromatic rings. The molecule has 2 rings (SSSR count). The quantitative estimate of drug-likeness (QED) is 0.788. The lowest BCUT2D eigenvalue weighted by Gasteiger charge is -2.01. The lowest BCUT2D eigenvalue weighted by Crippen LogP contribution is -1.88. The van der Waals surface area contributed by atoms with Crippen LogP contribution in [0.1, 0.15) is 11.3 Å². The highest BCUT2D eigenvalue weighted by atomic mass is 32.2. The predicted octanol–water partition coefficient (Wildman–Crippen LogP) is 2.20. The van der Waals surface area contributed by atoms with Crippen LogP contribution in [0.4, 0.5) is 0 Å². The van der Waals surface area contributed by atoms with E-state index in [9.17, 15) is 0 Å². The zero-order valence-corrected chi connectivity index (χ0v) is 9.40. The van der Waals surface area contributed by atoms with Gasteiger partial charge in [0.25, 0.3) is 0 Å². The average molecular weight is 228 g/mol. The molecule has 0 amide bonds. The van der Waals surface area contributed by atoms with Crippen LogP contribution in [0.25, 0.3) is 0 Å². The normalized spacial score (nSPS) is 9.75. The Morgan fingerprint density at radius 3 is 2.81 bits per heavy atom. The molecule has 0 aliphatic carbocycles. The van der Waals surface area contributed by atoms with Crippen LogP contribution in [0.5, 0.6) is 0 Å². The molecule has 2 heterocycles. The molecule has 0 bridgehead atoms. The molecule has 0 radical (unpaired) electrons. The number of pyridine rings is 1. The Labute approximate surface area is 97.4 Å². The van der Waals surface area contributed by atoms with Gasteiger partial charge in [0.15, 0.2) is 0 Å². The summed E-state index contributed by atoms with van der Waals surface area (Å²) >= 11 is 1.40. The third-order valence-electron chi connectivity index (χ3n) is 1.81. The van der Waals surface area contributed by atoms with Gasteiger partial charge in [-0.2, -0.15) is 5.26 Å². The summed E-state index contributed by atoms with van der Waals surface area (Å²) in [5.74, 6) is 0. The van der Waals surface area contributed by atoms with E-state index >= 15 is 0 Å². The molecule has 2 aromatic heterocycles. The Morgan fingerprint density at radius 2 is 2.12 bits per heavy atom. The second-order valence-electron chi connectivity index (χ2n) is 3.09. The maximum absolute atomic E-state index is 8.84. The van der Waals surface area contributed by atoms with E-state index < -0.39 is 0 Å². The molecule has 0 saturated carbocycles. The standard InChI is InChI=1S/C11H8N4S/c1-8-4-9(6-12)5-10(15-8)16-11-7-13-2-3-14-11/h2-5,7H,1H3. The van der Waals surface area contributed by atoms with Gasteiger partial charge in [-0.3, -0.25) is 4.98 Å². The number of hydrogen-bond acceptors (Lipinski definition) is 5. The minimum atomic E-state index is 0.610. The van der Waals surface area contributed by atoms with Gasteiger partial charge >= 0.3 is 0 Å². The van der Waals surface area contributed by atoms with Crippen LogP contribution < -0.4 is 0 Å². The van der Waals surface area contributed by atoms with Crippen LogP contribution in [-0.2, 0) is 0 Å². The summed E-state index contributed by atoms with van der Waals surface area (Å²) in [5, 5.41) is 10.4. The van der Waals surface area contributed by atoms with Crippen molar-refractivity contribution in [3.8, 4) is 6.07 Å². The van der Waals surface area contributed by atoms with E-state index in [-0.39, 0.29) is 0 Å². The molecule has 0 N–H and O–H groups in total. The van der Waals surface area contributed by atoms with Gasteiger partial charge in [0.2, 0.25) is 0 Å². The van der Waals surface area contributed by atoms with E-state index in [1.54, 1.807) is 30.7 Å². The predicted molar refractivity (Wildman–Crippen MR) is 59.8 cm³/mol. The molecule has 0 aliphatic heterocycles. The number of aromatic nitrogens is 3. The molecule has 0 atom stereocenters. The third-order valence-corrected chi connectivity index (χ3v) is 2.65. The van der Waals surface area contributed by atoms with Crippen molar-refractivity contribution in [2.45, 2.75) is 17.0 Å². The molecule has 0 unspecified atom stereocenters. The van der Waals surface area contributed by atoms with E-state index in [2.05, 4.69) is 21.0 Å². The van der Waals surface area contributed by atoms with E-state index in [4.69, 9.17) is 5.26 Å². The molecule has 0 saturated heterocycles. The third kappa shape index (κ3) is 2.55. The average Bonchev–Trinajstić information content (AvgIpc) is 2.29. The largest absolute Gasteiger partial charge is 0.260 e. The van der Waals surface area contributed by atoms with Crippen molar-refractivity contribution in [1.82, 2.24) is 15.0 Å². The number of nitrogens with zero attached hydrogens (tertiary/aromatic N) is 4. The second-order valence-corrected chi connectivity index (χ2v) is 4.13. The Morgan fingerprint density at radius 1 is 1.25 bits per heavy atom. The van der Waals surface area contributed by atoms with Crippen LogP contribution in [-0.4, -0.2) is 15.0 Å². The van der Waals surface area contributed by atoms with Gasteiger partial charge in [-0.25, -0.2) is 9.97 Å². The van der Waals surface area contributed by atoms with Gasteiger partial charge < -0.3 is 0 Å². The van der Waals surface area contributed by atoms with Crippen LogP contribution >= 0.6 is 11.8 Å². The molecular weight excluding hydrogens is 220 g/mol. The maximum atomic E-state index is 8.84. The van der Waals surface area contributed by atoms with Gasteiger partial charge in [-0.15, -0.1) is 0 Å². The molecular formula is C11H8N4S. The summed E-state index contributed by atoms with van der Waals surface area (Å²) < 4.78 is 0. The summed E-state index contributed by atoms with van der Waals surface area (Å²) in [5.41, 5.74) is 1.43. The fourth-order valence-corrected chi connectivity index (χ4v) is 2.02. The van der Waals surface area contributed by atoms with Crippen molar-refractivity contribution >= 4 is 11.8 Å². The van der Waals surface area contributed by atoms with Gasteiger partial charge in [0.1, 0.15) is 10.1 Å². The number of rotatable bonds is 2. The highest BCUT2D eigenvalue weighted by molar-refractivity contribution is 7.99. The minimum absolute atomic E-state index is 0.610. The molecule has 0 fully saturated rings. The minimum Gasteiger partial charge on any atom is -0.260 e. The summed E-state index contributed by atoms with van der Waals surface area (Å²) in [7, 11) is 0. The first kappa shape index (κ1) is 10.6. The Bertz CT molecular complexity index is 533. The molecule has 16 heavy (non-hydrogen) atoms. The SMILES string of the molecule is Cc1cc(C#N)cc(Sc2cnccn2)n1. The smallest absolute Gasteiger partial charge is 0.121 e. The van der Waals surface area contributed by atoms with E-state index in [1.165, 1.54) is 11.8 Å². The van der Waals surface area contributed by atoms with Gasteiger partial charge in [-0.05, 0) is 30.8 Å². The summed E-state index contributed by atoms with van der Waals surface area (Å²) in [6.45, 7) is 1.86. The van der Waals surface area contributed by atoms with Crippen molar-refractivity contribution in [2.24, 2.45) is 0 Å². The molecule has 0 aliphatic rings. The van der Waals surface area contributed by atoms with Crippen LogP contribution in [0.3, 0.4) is 0 Å². The first-order chi connectivity index (χ1) is 7.78. The van der Waals surface area contributed by atoms with Gasteiger partial charge in [-0.1, -0.05) is 0 Å². The lowest BCUT2D eigenvalue weighted by molar-refractivity contribution is 1.02. The maximum Gasteiger partial charge on any atom is 0.121 e. The van der Waals surface area contributed by atoms with Crippen LogP contribution in [0.2, 0.25) is 0 Å². The molecule has 78 valence electrons. The lowest BCUT2D eigenvalue weighted by atomic mass is 10.2. The Hall–Kier alpha value is -1.93. The highest BCUT2D eigenvalue weighted by Crippen LogP contribution is 2.24. The number of nitriles is 1. The summed E-state index contributed by atoms with van der Waals surface area (Å²) in [6, 6.07) is 5.60. The van der Waals surface area contributed by atoms with E-state index in [0.717, 1.165) is 15.7 Å². The summed E-state index contributed by atoms with van der Waals surface area (Å²) in [4.78, 5) is 12.4. The first-order valence-electron chi connectivity index (χ1n) is 4.60. The van der Waals surface area contributed by atoms with E-state index in [0.29, 0.717) is 5.56 Å². The number of hydrogen-bond donors (Lipinski definition) is 0. The van der Waals surface area contributed by atoms with Crippen molar-refractivity contribution in [2.75, 3.05) is 0 Å². The monoisotopic (exact) mass is 228 g/mol. The fourth-order valence-electron chi connectivity index (χ4n) is 1.20. The zero-order chi connectivity index (χ0) is 11.4. The topological polar surface area (TPSA) is 62.5 Å². The highest BCUT2D eigenvalue weighted by Gasteiger charge is 2.03. The molecule has 0 spiro atoms. The van der Waals surface area contributed by atoms with Crippen molar-refractivity contribution in [3.05, 3.63) is 42.0 Å². The zero-order valence-electron chi connectivity index (χ0n) is 8.58. The summed E-state index contributed by atoms with van der Waals surface area (Å²) in [6.07, 6.45) is 4.92. The van der Waals surface area contributed by atoms with E-state index in [1.807, 2.05) is 6.92 Å². The Balaban J connectivity index is 2.29. The Kier molecular flexibility index (Phi) is 3.13. The van der Waals surface area contributed by atoms with Gasteiger partial charge in [0, 0.05) is 18.1 Å². The molecule has 5 heteroatoms. The fraction of sp³-hybridized carbons (Fsp3) is 0.0909. The number of aryl methyl sites for hydroxylation is 1. The van der Waals surface area contributed by atoms with Crippen molar-refractivity contribution in [1.29, 1.82) is 5.26 Å². The van der Waals surface area contributed by atoms with Crippen LogP contribution in [0.15, 0.2) is 40.8 Å². The molecule has 0 aromatic carbocycles. The first-order valence-corrected chi connectivity index (χ1v) is 5.42. The van der Waals surface area contributed by atoms with Gasteiger partial charge in [0.05, 0.1) is 17.8 Å². The van der Waals surface area contributed by atoms with Crippen LogP contribution in [0, 0.1) is 18.3 Å². The van der Waals surface area contributed by atoms with Crippen molar-refractivity contribution in [3.63, 3.8) is 0 Å². The second kappa shape index (κ2) is 4.73.